The van der Waals surface area contributed by atoms with Gasteiger partial charge in [0.05, 0.1) is 28.4 Å². The molecule has 0 saturated carbocycles. The Kier molecular flexibility index (Phi) is 9.21. The van der Waals surface area contributed by atoms with Crippen LogP contribution >= 0.6 is 31.9 Å². The predicted molar refractivity (Wildman–Crippen MR) is 121 cm³/mol. The first-order valence-electron chi connectivity index (χ1n) is 8.95. The lowest BCUT2D eigenvalue weighted by Crippen LogP contribution is -2.17. The fourth-order valence-corrected chi connectivity index (χ4v) is 3.80. The Morgan fingerprint density at radius 2 is 1.76 bits per heavy atom. The fourth-order valence-electron chi connectivity index (χ4n) is 2.35. The zero-order valence-corrected chi connectivity index (χ0v) is 19.4. The molecule has 0 aliphatic carbocycles. The van der Waals surface area contributed by atoms with Crippen LogP contribution in [0, 0.1) is 0 Å². The molecule has 0 heterocycles. The van der Waals surface area contributed by atoms with E-state index in [1.165, 1.54) is 0 Å². The number of benzene rings is 2. The third-order valence-electron chi connectivity index (χ3n) is 3.55. The lowest BCUT2D eigenvalue weighted by molar-refractivity contribution is 0.0954. The Balaban J connectivity index is 2.10. The Morgan fingerprint density at radius 3 is 2.38 bits per heavy atom. The van der Waals surface area contributed by atoms with E-state index in [1.54, 1.807) is 30.5 Å². The monoisotopic (exact) mass is 524 g/mol. The largest absolute Gasteiger partial charge is 0.492 e. The van der Waals surface area contributed by atoms with Gasteiger partial charge in [-0.05, 0) is 81.6 Å². The van der Waals surface area contributed by atoms with Gasteiger partial charge in [-0.25, -0.2) is 5.43 Å². The van der Waals surface area contributed by atoms with Gasteiger partial charge in [0.25, 0.3) is 5.91 Å². The van der Waals surface area contributed by atoms with E-state index in [4.69, 9.17) is 14.2 Å². The number of rotatable bonds is 10. The van der Waals surface area contributed by atoms with E-state index in [1.807, 2.05) is 26.0 Å². The van der Waals surface area contributed by atoms with E-state index in [0.717, 1.165) is 20.3 Å². The highest BCUT2D eigenvalue weighted by Crippen LogP contribution is 2.34. The number of hydrogen-bond donors (Lipinski definition) is 1. The average Bonchev–Trinajstić information content (AvgIpc) is 2.70. The summed E-state index contributed by atoms with van der Waals surface area (Å²) in [5.41, 5.74) is 3.71. The number of ether oxygens (including phenoxy) is 3. The van der Waals surface area contributed by atoms with E-state index >= 15 is 0 Å². The number of carbonyl (C=O) groups is 1. The minimum Gasteiger partial charge on any atom is -0.492 e. The number of nitrogens with zero attached hydrogens (tertiary/aromatic N) is 1. The fraction of sp³-hybridized carbons (Fsp3) is 0.238. The molecule has 2 aromatic carbocycles. The molecule has 8 heteroatoms. The van der Waals surface area contributed by atoms with Crippen LogP contribution in [0.4, 0.5) is 0 Å². The molecule has 6 nitrogen and oxygen atoms in total. The number of halogens is 2. The highest BCUT2D eigenvalue weighted by molar-refractivity contribution is 9.11. The molecule has 0 atom stereocenters. The van der Waals surface area contributed by atoms with Crippen LogP contribution in [0.3, 0.4) is 0 Å². The van der Waals surface area contributed by atoms with Gasteiger partial charge < -0.3 is 14.2 Å². The molecular formula is C21H22Br2N2O4. The van der Waals surface area contributed by atoms with Crippen molar-refractivity contribution in [3.8, 4) is 17.2 Å². The van der Waals surface area contributed by atoms with Gasteiger partial charge in [0, 0.05) is 5.56 Å². The Labute approximate surface area is 187 Å². The van der Waals surface area contributed by atoms with Crippen molar-refractivity contribution >= 4 is 44.0 Å². The van der Waals surface area contributed by atoms with Gasteiger partial charge in [0.15, 0.2) is 11.5 Å². The third kappa shape index (κ3) is 6.61. The molecule has 0 radical (unpaired) electrons. The summed E-state index contributed by atoms with van der Waals surface area (Å²) in [7, 11) is 0. The molecule has 2 rings (SSSR count). The smallest absolute Gasteiger partial charge is 0.271 e. The van der Waals surface area contributed by atoms with Crippen molar-refractivity contribution in [2.45, 2.75) is 13.8 Å². The standard InChI is InChI=1S/C21H22Br2N2O4/c1-4-9-29-18-8-7-15(12-19(18)27-5-2)21(26)25-24-13-14-10-16(22)20(28-6-3)17(23)11-14/h4,7-8,10-13H,1,5-6,9H2,2-3H3,(H,25,26)/b24-13+. The molecule has 154 valence electrons. The number of nitrogens with one attached hydrogen (secondary N) is 1. The lowest BCUT2D eigenvalue weighted by Gasteiger charge is -2.12. The van der Waals surface area contributed by atoms with Gasteiger partial charge >= 0.3 is 0 Å². The van der Waals surface area contributed by atoms with Crippen LogP contribution in [0.15, 0.2) is 57.0 Å². The molecule has 0 unspecified atom stereocenters. The van der Waals surface area contributed by atoms with Crippen LogP contribution in [0.1, 0.15) is 29.8 Å². The molecule has 0 bridgehead atoms. The van der Waals surface area contributed by atoms with Crippen molar-refractivity contribution in [3.63, 3.8) is 0 Å². The van der Waals surface area contributed by atoms with Crippen LogP contribution in [-0.2, 0) is 0 Å². The number of amides is 1. The molecule has 0 aliphatic heterocycles. The minimum atomic E-state index is -0.360. The maximum atomic E-state index is 12.4. The zero-order chi connectivity index (χ0) is 21.2. The van der Waals surface area contributed by atoms with E-state index in [0.29, 0.717) is 36.9 Å². The molecule has 0 aliphatic rings. The van der Waals surface area contributed by atoms with Gasteiger partial charge in [-0.3, -0.25) is 4.79 Å². The number of hydrazone groups is 1. The maximum Gasteiger partial charge on any atom is 0.271 e. The van der Waals surface area contributed by atoms with E-state index < -0.39 is 0 Å². The average molecular weight is 526 g/mol. The van der Waals surface area contributed by atoms with Crippen LogP contribution in [0.2, 0.25) is 0 Å². The van der Waals surface area contributed by atoms with Crippen molar-refractivity contribution in [2.75, 3.05) is 19.8 Å². The summed E-state index contributed by atoms with van der Waals surface area (Å²) < 4.78 is 18.2. The second-order valence-corrected chi connectivity index (χ2v) is 7.35. The number of hydrogen-bond acceptors (Lipinski definition) is 5. The maximum absolute atomic E-state index is 12.4. The van der Waals surface area contributed by atoms with Crippen molar-refractivity contribution in [1.29, 1.82) is 0 Å². The minimum absolute atomic E-state index is 0.350. The molecular weight excluding hydrogens is 504 g/mol. The second-order valence-electron chi connectivity index (χ2n) is 5.64. The molecule has 29 heavy (non-hydrogen) atoms. The quantitative estimate of drug-likeness (QED) is 0.258. The molecule has 1 N–H and O–H groups in total. The predicted octanol–water partition coefficient (Wildman–Crippen LogP) is 5.34. The summed E-state index contributed by atoms with van der Waals surface area (Å²) in [6, 6.07) is 8.66. The molecule has 0 saturated heterocycles. The lowest BCUT2D eigenvalue weighted by atomic mass is 10.2. The highest BCUT2D eigenvalue weighted by Gasteiger charge is 2.11. The summed E-state index contributed by atoms with van der Waals surface area (Å²) in [6.07, 6.45) is 3.19. The Hall–Kier alpha value is -2.32. The van der Waals surface area contributed by atoms with Crippen molar-refractivity contribution in [2.24, 2.45) is 5.10 Å². The molecule has 0 spiro atoms. The topological polar surface area (TPSA) is 69.2 Å². The summed E-state index contributed by atoms with van der Waals surface area (Å²) in [5, 5.41) is 4.03. The first-order valence-corrected chi connectivity index (χ1v) is 10.5. The van der Waals surface area contributed by atoms with Crippen LogP contribution < -0.4 is 19.6 Å². The van der Waals surface area contributed by atoms with Gasteiger partial charge in [-0.1, -0.05) is 12.7 Å². The molecule has 2 aromatic rings. The van der Waals surface area contributed by atoms with Gasteiger partial charge in [0.1, 0.15) is 12.4 Å². The Bertz CT molecular complexity index is 877. The van der Waals surface area contributed by atoms with E-state index in [-0.39, 0.29) is 5.91 Å². The SMILES string of the molecule is C=CCOc1ccc(C(=O)N/N=C/c2cc(Br)c(OCC)c(Br)c2)cc1OCC. The van der Waals surface area contributed by atoms with Crippen molar-refractivity contribution in [1.82, 2.24) is 5.43 Å². The van der Waals surface area contributed by atoms with Crippen molar-refractivity contribution in [3.05, 3.63) is 63.1 Å². The zero-order valence-electron chi connectivity index (χ0n) is 16.2. The third-order valence-corrected chi connectivity index (χ3v) is 4.73. The molecule has 0 aromatic heterocycles. The van der Waals surface area contributed by atoms with Crippen molar-refractivity contribution < 1.29 is 19.0 Å². The summed E-state index contributed by atoms with van der Waals surface area (Å²) in [6.45, 7) is 8.76. The highest BCUT2D eigenvalue weighted by atomic mass is 79.9. The van der Waals surface area contributed by atoms with E-state index in [9.17, 15) is 4.79 Å². The van der Waals surface area contributed by atoms with Gasteiger partial charge in [0.2, 0.25) is 0 Å². The number of carbonyl (C=O) groups excluding carboxylic acids is 1. The normalized spacial score (nSPS) is 10.6. The van der Waals surface area contributed by atoms with E-state index in [2.05, 4.69) is 49.0 Å². The second kappa shape index (κ2) is 11.6. The van der Waals surface area contributed by atoms with Gasteiger partial charge in [-0.2, -0.15) is 5.10 Å². The first kappa shape index (κ1) is 23.0. The first-order chi connectivity index (χ1) is 14.0. The summed E-state index contributed by atoms with van der Waals surface area (Å²) in [4.78, 5) is 12.4. The van der Waals surface area contributed by atoms with Crippen LogP contribution in [-0.4, -0.2) is 31.9 Å². The summed E-state index contributed by atoms with van der Waals surface area (Å²) in [5.74, 6) is 1.40. The summed E-state index contributed by atoms with van der Waals surface area (Å²) >= 11 is 6.94. The van der Waals surface area contributed by atoms with Crippen LogP contribution in [0.5, 0.6) is 17.2 Å². The Morgan fingerprint density at radius 1 is 1.07 bits per heavy atom. The van der Waals surface area contributed by atoms with Crippen LogP contribution in [0.25, 0.3) is 0 Å². The molecule has 1 amide bonds. The molecule has 0 fully saturated rings. The van der Waals surface area contributed by atoms with Gasteiger partial charge in [-0.15, -0.1) is 0 Å².